The summed E-state index contributed by atoms with van der Waals surface area (Å²) in [5, 5.41) is 7.73. The van der Waals surface area contributed by atoms with Crippen LogP contribution in [0, 0.1) is 5.82 Å². The Labute approximate surface area is 227 Å². The maximum atomic E-state index is 14.5. The predicted molar refractivity (Wildman–Crippen MR) is 151 cm³/mol. The molecule has 0 bridgehead atoms. The highest BCUT2D eigenvalue weighted by Gasteiger charge is 2.17. The zero-order chi connectivity index (χ0) is 27.2. The molecule has 2 N–H and O–H groups in total. The lowest BCUT2D eigenvalue weighted by atomic mass is 10.1. The minimum absolute atomic E-state index is 0.0306. The van der Waals surface area contributed by atoms with Gasteiger partial charge in [-0.1, -0.05) is 24.3 Å². The van der Waals surface area contributed by atoms with Crippen molar-refractivity contribution in [2.24, 2.45) is 0 Å². The SMILES string of the molecule is COCC(C)Nc1nccc(Oc2ccc(NC(=O)c3cc(F)cc(N4CCCCC4)c3)c3ccccc23)n1. The van der Waals surface area contributed by atoms with Crippen molar-refractivity contribution < 1.29 is 18.7 Å². The smallest absolute Gasteiger partial charge is 0.255 e. The average molecular weight is 530 g/mol. The number of hydrogen-bond acceptors (Lipinski definition) is 7. The molecule has 8 nitrogen and oxygen atoms in total. The van der Waals surface area contributed by atoms with Crippen LogP contribution in [0.4, 0.5) is 21.7 Å². The summed E-state index contributed by atoms with van der Waals surface area (Å²) in [6.45, 7) is 4.22. The number of rotatable bonds is 9. The van der Waals surface area contributed by atoms with Crippen LogP contribution in [0.1, 0.15) is 36.5 Å². The van der Waals surface area contributed by atoms with Crippen LogP contribution in [-0.4, -0.2) is 48.7 Å². The summed E-state index contributed by atoms with van der Waals surface area (Å²) in [6, 6.07) is 17.4. The van der Waals surface area contributed by atoms with Crippen molar-refractivity contribution in [3.63, 3.8) is 0 Å². The Morgan fingerprint density at radius 3 is 2.64 bits per heavy atom. The van der Waals surface area contributed by atoms with E-state index in [1.54, 1.807) is 37.6 Å². The van der Waals surface area contributed by atoms with E-state index in [1.165, 1.54) is 18.6 Å². The van der Waals surface area contributed by atoms with Crippen molar-refractivity contribution >= 4 is 34.0 Å². The molecule has 5 rings (SSSR count). The van der Waals surface area contributed by atoms with Crippen molar-refractivity contribution in [3.05, 3.63) is 78.2 Å². The van der Waals surface area contributed by atoms with Gasteiger partial charge in [0.15, 0.2) is 0 Å². The molecule has 1 atom stereocenters. The number of methoxy groups -OCH3 is 1. The van der Waals surface area contributed by atoms with Crippen LogP contribution >= 0.6 is 0 Å². The lowest BCUT2D eigenvalue weighted by Gasteiger charge is -2.29. The molecule has 0 radical (unpaired) electrons. The lowest BCUT2D eigenvalue weighted by molar-refractivity contribution is 0.102. The number of piperidine rings is 1. The van der Waals surface area contributed by atoms with Crippen molar-refractivity contribution in [1.82, 2.24) is 9.97 Å². The number of ether oxygens (including phenoxy) is 2. The molecule has 9 heteroatoms. The van der Waals surface area contributed by atoms with Gasteiger partial charge >= 0.3 is 0 Å². The van der Waals surface area contributed by atoms with Crippen LogP contribution in [0.3, 0.4) is 0 Å². The molecular weight excluding hydrogens is 497 g/mol. The molecule has 1 amide bonds. The maximum absolute atomic E-state index is 14.5. The number of nitrogens with zero attached hydrogens (tertiary/aromatic N) is 3. The lowest BCUT2D eigenvalue weighted by Crippen LogP contribution is -2.29. The summed E-state index contributed by atoms with van der Waals surface area (Å²) < 4.78 is 25.8. The Morgan fingerprint density at radius 2 is 1.85 bits per heavy atom. The van der Waals surface area contributed by atoms with E-state index in [0.717, 1.165) is 42.4 Å². The normalized spacial score (nSPS) is 14.2. The van der Waals surface area contributed by atoms with E-state index in [-0.39, 0.29) is 17.5 Å². The minimum atomic E-state index is -0.424. The quantitative estimate of drug-likeness (QED) is 0.265. The highest BCUT2D eigenvalue weighted by molar-refractivity contribution is 6.10. The Morgan fingerprint density at radius 1 is 1.05 bits per heavy atom. The number of halogens is 1. The molecule has 1 aliphatic rings. The van der Waals surface area contributed by atoms with E-state index in [9.17, 15) is 9.18 Å². The number of carbonyl (C=O) groups is 1. The second kappa shape index (κ2) is 12.1. The Hall–Kier alpha value is -4.24. The van der Waals surface area contributed by atoms with Gasteiger partial charge in [-0.2, -0.15) is 4.98 Å². The number of carbonyl (C=O) groups excluding carboxylic acids is 1. The summed E-state index contributed by atoms with van der Waals surface area (Å²) in [7, 11) is 1.64. The van der Waals surface area contributed by atoms with Crippen LogP contribution in [0.5, 0.6) is 11.6 Å². The fraction of sp³-hybridized carbons (Fsp3) is 0.300. The third-order valence-electron chi connectivity index (χ3n) is 6.63. The van der Waals surface area contributed by atoms with Gasteiger partial charge in [0.05, 0.1) is 6.61 Å². The molecular formula is C30H32FN5O3. The van der Waals surface area contributed by atoms with E-state index in [2.05, 4.69) is 25.5 Å². The van der Waals surface area contributed by atoms with Gasteiger partial charge < -0.3 is 25.0 Å². The van der Waals surface area contributed by atoms with E-state index in [0.29, 0.717) is 29.9 Å². The molecule has 0 spiro atoms. The van der Waals surface area contributed by atoms with Crippen LogP contribution in [0.25, 0.3) is 10.8 Å². The highest BCUT2D eigenvalue weighted by atomic mass is 19.1. The average Bonchev–Trinajstić information content (AvgIpc) is 2.95. The minimum Gasteiger partial charge on any atom is -0.438 e. The number of anilines is 3. The number of aromatic nitrogens is 2. The first-order valence-electron chi connectivity index (χ1n) is 13.1. The molecule has 1 unspecified atom stereocenters. The Bertz CT molecular complexity index is 1460. The Kier molecular flexibility index (Phi) is 8.17. The van der Waals surface area contributed by atoms with Gasteiger partial charge in [0.1, 0.15) is 11.6 Å². The summed E-state index contributed by atoms with van der Waals surface area (Å²) in [5.74, 6) is 0.597. The van der Waals surface area contributed by atoms with Gasteiger partial charge in [0.2, 0.25) is 11.8 Å². The summed E-state index contributed by atoms with van der Waals surface area (Å²) in [6.07, 6.45) is 4.93. The van der Waals surface area contributed by atoms with E-state index < -0.39 is 5.82 Å². The van der Waals surface area contributed by atoms with E-state index >= 15 is 0 Å². The van der Waals surface area contributed by atoms with E-state index in [1.807, 2.05) is 31.2 Å². The second-order valence-electron chi connectivity index (χ2n) is 9.68. The maximum Gasteiger partial charge on any atom is 0.255 e. The zero-order valence-electron chi connectivity index (χ0n) is 22.1. The molecule has 1 aromatic heterocycles. The molecule has 39 heavy (non-hydrogen) atoms. The van der Waals surface area contributed by atoms with E-state index in [4.69, 9.17) is 9.47 Å². The molecule has 1 saturated heterocycles. The number of nitrogens with one attached hydrogen (secondary N) is 2. The fourth-order valence-electron chi connectivity index (χ4n) is 4.80. The fourth-order valence-corrected chi connectivity index (χ4v) is 4.80. The molecule has 202 valence electrons. The standard InChI is InChI=1S/C30H32FN5O3/c1-20(19-38-2)33-30-32-13-12-28(35-30)39-27-11-10-26(24-8-4-5-9-25(24)27)34-29(37)21-16-22(31)18-23(17-21)36-14-6-3-7-15-36/h4-5,8-13,16-18,20H,3,6-7,14-15,19H2,1-2H3,(H,34,37)(H,32,33,35). The first kappa shape index (κ1) is 26.4. The van der Waals surface area contributed by atoms with Crippen molar-refractivity contribution in [3.8, 4) is 11.6 Å². The summed E-state index contributed by atoms with van der Waals surface area (Å²) >= 11 is 0. The zero-order valence-corrected chi connectivity index (χ0v) is 22.1. The molecule has 3 aromatic carbocycles. The molecule has 0 aliphatic carbocycles. The molecule has 1 fully saturated rings. The van der Waals surface area contributed by atoms with Gasteiger partial charge in [-0.3, -0.25) is 4.79 Å². The van der Waals surface area contributed by atoms with Crippen molar-refractivity contribution in [2.75, 3.05) is 42.3 Å². The van der Waals surface area contributed by atoms with Crippen molar-refractivity contribution in [1.29, 1.82) is 0 Å². The largest absolute Gasteiger partial charge is 0.438 e. The van der Waals surface area contributed by atoms with Gasteiger partial charge in [-0.15, -0.1) is 0 Å². The topological polar surface area (TPSA) is 88.6 Å². The molecule has 2 heterocycles. The van der Waals surface area contributed by atoms with Crippen LogP contribution in [-0.2, 0) is 4.74 Å². The molecule has 1 aliphatic heterocycles. The van der Waals surface area contributed by atoms with Gasteiger partial charge in [-0.25, -0.2) is 9.37 Å². The van der Waals surface area contributed by atoms with Crippen LogP contribution in [0.15, 0.2) is 66.9 Å². The van der Waals surface area contributed by atoms with Crippen LogP contribution < -0.4 is 20.3 Å². The van der Waals surface area contributed by atoms with Gasteiger partial charge in [0, 0.05) is 66.2 Å². The summed E-state index contributed by atoms with van der Waals surface area (Å²) in [5.41, 5.74) is 1.62. The third kappa shape index (κ3) is 6.43. The third-order valence-corrected chi connectivity index (χ3v) is 6.63. The summed E-state index contributed by atoms with van der Waals surface area (Å²) in [4.78, 5) is 24.1. The second-order valence-corrected chi connectivity index (χ2v) is 9.68. The van der Waals surface area contributed by atoms with Gasteiger partial charge in [-0.05, 0) is 56.5 Å². The number of amides is 1. The first-order chi connectivity index (χ1) is 19.0. The number of hydrogen-bond donors (Lipinski definition) is 2. The monoisotopic (exact) mass is 529 g/mol. The first-order valence-corrected chi connectivity index (χ1v) is 13.1. The van der Waals surface area contributed by atoms with Gasteiger partial charge in [0.25, 0.3) is 5.91 Å². The number of benzene rings is 3. The number of fused-ring (bicyclic) bond motifs is 1. The predicted octanol–water partition coefficient (Wildman–Crippen LogP) is 6.25. The molecule has 0 saturated carbocycles. The highest BCUT2D eigenvalue weighted by Crippen LogP contribution is 2.34. The van der Waals surface area contributed by atoms with Crippen LogP contribution in [0.2, 0.25) is 0 Å². The Balaban J connectivity index is 1.37. The molecule has 4 aromatic rings. The van der Waals surface area contributed by atoms with Crippen molar-refractivity contribution in [2.45, 2.75) is 32.2 Å².